The number of ether oxygens (including phenoxy) is 2. The third kappa shape index (κ3) is 5.78. The van der Waals surface area contributed by atoms with Gasteiger partial charge in [0.15, 0.2) is 0 Å². The summed E-state index contributed by atoms with van der Waals surface area (Å²) in [4.78, 5) is 12.0. The molecule has 1 aromatic carbocycles. The van der Waals surface area contributed by atoms with Gasteiger partial charge in [0.05, 0.1) is 13.2 Å². The van der Waals surface area contributed by atoms with Crippen molar-refractivity contribution < 1.29 is 14.3 Å². The van der Waals surface area contributed by atoms with Crippen LogP contribution in [0, 0.1) is 5.92 Å². The number of unbranched alkanes of at least 4 members (excludes halogenated alkanes) is 1. The lowest BCUT2D eigenvalue weighted by Crippen LogP contribution is -2.10. The Hall–Kier alpha value is -1.51. The average molecular weight is 292 g/mol. The van der Waals surface area contributed by atoms with Crippen molar-refractivity contribution in [2.45, 2.75) is 53.4 Å². The summed E-state index contributed by atoms with van der Waals surface area (Å²) in [6, 6.07) is 5.67. The Morgan fingerprint density at radius 2 is 1.95 bits per heavy atom. The minimum Gasteiger partial charge on any atom is -0.492 e. The Balaban J connectivity index is 2.71. The van der Waals surface area contributed by atoms with Crippen LogP contribution in [0.15, 0.2) is 18.2 Å². The summed E-state index contributed by atoms with van der Waals surface area (Å²) in [6.07, 6.45) is 4.22. The molecular weight excluding hydrogens is 264 g/mol. The Labute approximate surface area is 128 Å². The van der Waals surface area contributed by atoms with Crippen molar-refractivity contribution in [2.75, 3.05) is 13.2 Å². The standard InChI is InChI=1S/C18H28O3/c1-5-15-11-9-12-16(18(19)20-6-2)17(15)21-13-8-7-10-14(3)4/h9,11-12,14H,5-8,10,13H2,1-4H3. The molecule has 3 heteroatoms. The van der Waals surface area contributed by atoms with Crippen molar-refractivity contribution in [3.05, 3.63) is 29.3 Å². The second-order valence-electron chi connectivity index (χ2n) is 5.61. The van der Waals surface area contributed by atoms with E-state index in [1.165, 1.54) is 6.42 Å². The van der Waals surface area contributed by atoms with E-state index < -0.39 is 0 Å². The Morgan fingerprint density at radius 3 is 2.57 bits per heavy atom. The van der Waals surface area contributed by atoms with E-state index in [1.54, 1.807) is 6.07 Å². The minimum absolute atomic E-state index is 0.301. The topological polar surface area (TPSA) is 35.5 Å². The number of benzene rings is 1. The first-order chi connectivity index (χ1) is 10.1. The van der Waals surface area contributed by atoms with Gasteiger partial charge in [-0.2, -0.15) is 0 Å². The van der Waals surface area contributed by atoms with Crippen LogP contribution < -0.4 is 4.74 Å². The first-order valence-corrected chi connectivity index (χ1v) is 8.01. The predicted octanol–water partition coefficient (Wildman–Crippen LogP) is 4.63. The van der Waals surface area contributed by atoms with E-state index >= 15 is 0 Å². The summed E-state index contributed by atoms with van der Waals surface area (Å²) < 4.78 is 11.0. The van der Waals surface area contributed by atoms with Gasteiger partial charge in [-0.05, 0) is 43.7 Å². The second kappa shape index (κ2) is 9.43. The maximum absolute atomic E-state index is 12.0. The molecule has 21 heavy (non-hydrogen) atoms. The summed E-state index contributed by atoms with van der Waals surface area (Å²) in [5.41, 5.74) is 1.60. The van der Waals surface area contributed by atoms with Crippen LogP contribution in [0.1, 0.15) is 62.9 Å². The van der Waals surface area contributed by atoms with E-state index in [0.29, 0.717) is 24.5 Å². The van der Waals surface area contributed by atoms with E-state index in [4.69, 9.17) is 9.47 Å². The molecule has 0 heterocycles. The van der Waals surface area contributed by atoms with Gasteiger partial charge in [-0.3, -0.25) is 0 Å². The molecule has 0 aromatic heterocycles. The van der Waals surface area contributed by atoms with Gasteiger partial charge in [0, 0.05) is 0 Å². The van der Waals surface area contributed by atoms with Crippen molar-refractivity contribution in [3.8, 4) is 5.75 Å². The number of hydrogen-bond donors (Lipinski definition) is 0. The highest BCUT2D eigenvalue weighted by atomic mass is 16.5. The van der Waals surface area contributed by atoms with E-state index in [0.717, 1.165) is 30.7 Å². The summed E-state index contributed by atoms with van der Waals surface area (Å²) in [5, 5.41) is 0. The highest BCUT2D eigenvalue weighted by Crippen LogP contribution is 2.26. The molecule has 0 fully saturated rings. The Kier molecular flexibility index (Phi) is 7.88. The molecule has 118 valence electrons. The van der Waals surface area contributed by atoms with Crippen LogP contribution in [0.2, 0.25) is 0 Å². The molecule has 0 bridgehead atoms. The summed E-state index contributed by atoms with van der Waals surface area (Å²) in [5.74, 6) is 1.12. The smallest absolute Gasteiger partial charge is 0.341 e. The zero-order valence-corrected chi connectivity index (χ0v) is 13.8. The monoisotopic (exact) mass is 292 g/mol. The fourth-order valence-electron chi connectivity index (χ4n) is 2.23. The lowest BCUT2D eigenvalue weighted by atomic mass is 10.1. The molecular formula is C18H28O3. The van der Waals surface area contributed by atoms with Crippen LogP contribution in [0.4, 0.5) is 0 Å². The van der Waals surface area contributed by atoms with Crippen molar-refractivity contribution in [2.24, 2.45) is 5.92 Å². The highest BCUT2D eigenvalue weighted by molar-refractivity contribution is 5.93. The zero-order chi connectivity index (χ0) is 15.7. The third-order valence-corrected chi connectivity index (χ3v) is 3.40. The van der Waals surface area contributed by atoms with Gasteiger partial charge in [0.1, 0.15) is 11.3 Å². The van der Waals surface area contributed by atoms with Gasteiger partial charge in [0.2, 0.25) is 0 Å². The molecule has 0 N–H and O–H groups in total. The Bertz CT molecular complexity index is 438. The Morgan fingerprint density at radius 1 is 1.19 bits per heavy atom. The van der Waals surface area contributed by atoms with E-state index in [1.807, 2.05) is 19.1 Å². The van der Waals surface area contributed by atoms with Crippen LogP contribution in [-0.2, 0) is 11.2 Å². The SMILES string of the molecule is CCOC(=O)c1cccc(CC)c1OCCCCC(C)C. The average Bonchev–Trinajstić information content (AvgIpc) is 2.46. The van der Waals surface area contributed by atoms with Crippen LogP contribution in [0.3, 0.4) is 0 Å². The molecule has 0 atom stereocenters. The minimum atomic E-state index is -0.301. The maximum atomic E-state index is 12.0. The first-order valence-electron chi connectivity index (χ1n) is 8.01. The van der Waals surface area contributed by atoms with Crippen molar-refractivity contribution in [3.63, 3.8) is 0 Å². The molecule has 3 nitrogen and oxygen atoms in total. The number of hydrogen-bond acceptors (Lipinski definition) is 3. The molecule has 0 aliphatic carbocycles. The molecule has 0 amide bonds. The van der Waals surface area contributed by atoms with Gasteiger partial charge in [-0.15, -0.1) is 0 Å². The van der Waals surface area contributed by atoms with E-state index in [9.17, 15) is 4.79 Å². The quantitative estimate of drug-likeness (QED) is 0.491. The van der Waals surface area contributed by atoms with Gasteiger partial charge >= 0.3 is 5.97 Å². The second-order valence-corrected chi connectivity index (χ2v) is 5.61. The van der Waals surface area contributed by atoms with Crippen molar-refractivity contribution in [1.82, 2.24) is 0 Å². The summed E-state index contributed by atoms with van der Waals surface area (Å²) >= 11 is 0. The van der Waals surface area contributed by atoms with E-state index in [2.05, 4.69) is 20.8 Å². The van der Waals surface area contributed by atoms with Gasteiger partial charge in [-0.1, -0.05) is 39.3 Å². The van der Waals surface area contributed by atoms with Gasteiger partial charge in [0.25, 0.3) is 0 Å². The highest BCUT2D eigenvalue weighted by Gasteiger charge is 2.16. The molecule has 1 aromatic rings. The molecule has 0 unspecified atom stereocenters. The van der Waals surface area contributed by atoms with Crippen molar-refractivity contribution >= 4 is 5.97 Å². The van der Waals surface area contributed by atoms with Crippen molar-refractivity contribution in [1.29, 1.82) is 0 Å². The molecule has 0 radical (unpaired) electrons. The molecule has 0 aliphatic rings. The van der Waals surface area contributed by atoms with Crippen LogP contribution in [0.25, 0.3) is 0 Å². The maximum Gasteiger partial charge on any atom is 0.341 e. The predicted molar refractivity (Wildman–Crippen MR) is 86.0 cm³/mol. The number of para-hydroxylation sites is 1. The number of esters is 1. The summed E-state index contributed by atoms with van der Waals surface area (Å²) in [6.45, 7) is 9.36. The fourth-order valence-corrected chi connectivity index (χ4v) is 2.23. The first kappa shape index (κ1) is 17.5. The molecule has 0 saturated carbocycles. The van der Waals surface area contributed by atoms with Gasteiger partial charge < -0.3 is 9.47 Å². The lowest BCUT2D eigenvalue weighted by molar-refractivity contribution is 0.0521. The molecule has 0 aliphatic heterocycles. The third-order valence-electron chi connectivity index (χ3n) is 3.40. The molecule has 0 spiro atoms. The fraction of sp³-hybridized carbons (Fsp3) is 0.611. The van der Waals surface area contributed by atoms with Crippen LogP contribution in [0.5, 0.6) is 5.75 Å². The number of aryl methyl sites for hydroxylation is 1. The normalized spacial score (nSPS) is 10.7. The number of carbonyl (C=O) groups is 1. The number of rotatable bonds is 9. The zero-order valence-electron chi connectivity index (χ0n) is 13.8. The molecule has 0 saturated heterocycles. The molecule has 1 rings (SSSR count). The lowest BCUT2D eigenvalue weighted by Gasteiger charge is -2.14. The number of carbonyl (C=O) groups excluding carboxylic acids is 1. The van der Waals surface area contributed by atoms with E-state index in [-0.39, 0.29) is 5.97 Å². The summed E-state index contributed by atoms with van der Waals surface area (Å²) in [7, 11) is 0. The van der Waals surface area contributed by atoms with Crippen LogP contribution in [-0.4, -0.2) is 19.2 Å². The van der Waals surface area contributed by atoms with Crippen LogP contribution >= 0.6 is 0 Å². The van der Waals surface area contributed by atoms with Gasteiger partial charge in [-0.25, -0.2) is 4.79 Å². The largest absolute Gasteiger partial charge is 0.492 e.